The zero-order chi connectivity index (χ0) is 18.3. The molecule has 2 heterocycles. The van der Waals surface area contributed by atoms with Gasteiger partial charge in [-0.05, 0) is 22.6 Å². The number of phosphoric ester groups is 1. The van der Waals surface area contributed by atoms with Crippen LogP contribution in [0, 0.1) is 3.70 Å². The predicted octanol–water partition coefficient (Wildman–Crippen LogP) is -2.98. The molecule has 1 fully saturated rings. The second-order valence-electron chi connectivity index (χ2n) is 4.98. The molecule has 2 rings (SSSR count). The fourth-order valence-corrected chi connectivity index (χ4v) is 3.63. The minimum atomic E-state index is -4.87. The van der Waals surface area contributed by atoms with Gasteiger partial charge in [0.05, 0.1) is 16.9 Å². The predicted molar refractivity (Wildman–Crippen MR) is 84.0 cm³/mol. The van der Waals surface area contributed by atoms with Crippen molar-refractivity contribution < 1.29 is 38.9 Å². The molecular weight excluding hydrogens is 466 g/mol. The van der Waals surface area contributed by atoms with Gasteiger partial charge in [-0.1, -0.05) is 0 Å². The Labute approximate surface area is 147 Å². The molecule has 1 saturated heterocycles. The number of nitrogens with zero attached hydrogens (tertiary/aromatic N) is 1. The standard InChI is InChI=1S/C10H14IN2O10P/c11-5-1-6(15)12-9(18)13(5)10(3-14)8(17)7(16)4(23-10)2-22-24(19,20)21/h1,4,7-8,14,16-17H,2-3H2,(H,12,15,18)(H2,19,20,21)/t4-,7-,8-,10-/m1/s1. The van der Waals surface area contributed by atoms with E-state index < -0.39 is 56.3 Å². The van der Waals surface area contributed by atoms with Gasteiger partial charge in [-0.2, -0.15) is 0 Å². The zero-order valence-corrected chi connectivity index (χ0v) is 14.8. The number of hydrogen-bond donors (Lipinski definition) is 6. The highest BCUT2D eigenvalue weighted by atomic mass is 127. The molecule has 0 amide bonds. The van der Waals surface area contributed by atoms with E-state index in [-0.39, 0.29) is 3.70 Å². The summed E-state index contributed by atoms with van der Waals surface area (Å²) < 4.78 is 21.0. The molecule has 14 heteroatoms. The van der Waals surface area contributed by atoms with Crippen molar-refractivity contribution in [2.75, 3.05) is 13.2 Å². The summed E-state index contributed by atoms with van der Waals surface area (Å²) in [7, 11) is -4.87. The van der Waals surface area contributed by atoms with Crippen LogP contribution in [0.1, 0.15) is 0 Å². The molecule has 6 N–H and O–H groups in total. The fourth-order valence-electron chi connectivity index (χ4n) is 2.38. The lowest BCUT2D eigenvalue weighted by atomic mass is 10.0. The first-order chi connectivity index (χ1) is 11.0. The summed E-state index contributed by atoms with van der Waals surface area (Å²) in [5.41, 5.74) is -3.90. The molecule has 0 unspecified atom stereocenters. The van der Waals surface area contributed by atoms with Crippen LogP contribution in [0.15, 0.2) is 15.7 Å². The molecule has 1 aromatic heterocycles. The molecule has 0 aromatic carbocycles. The van der Waals surface area contributed by atoms with Crippen LogP contribution < -0.4 is 11.2 Å². The number of rotatable bonds is 5. The minimum Gasteiger partial charge on any atom is -0.391 e. The second kappa shape index (κ2) is 6.93. The van der Waals surface area contributed by atoms with Gasteiger partial charge in [-0.15, -0.1) is 0 Å². The summed E-state index contributed by atoms with van der Waals surface area (Å²) in [6, 6.07) is 1.00. The molecule has 24 heavy (non-hydrogen) atoms. The first-order valence-electron chi connectivity index (χ1n) is 6.39. The Morgan fingerprint density at radius 1 is 1.42 bits per heavy atom. The first kappa shape index (κ1) is 19.7. The second-order valence-corrected chi connectivity index (χ2v) is 7.32. The molecule has 0 saturated carbocycles. The number of phosphoric acid groups is 1. The molecule has 12 nitrogen and oxygen atoms in total. The van der Waals surface area contributed by atoms with Crippen LogP contribution >= 0.6 is 30.4 Å². The number of aromatic amines is 1. The van der Waals surface area contributed by atoms with Gasteiger partial charge in [0.15, 0.2) is 0 Å². The smallest absolute Gasteiger partial charge is 0.391 e. The normalized spacial score (nSPS) is 30.7. The summed E-state index contributed by atoms with van der Waals surface area (Å²) in [6.45, 7) is -1.78. The highest BCUT2D eigenvalue weighted by Gasteiger charge is 2.56. The molecule has 136 valence electrons. The maximum Gasteiger partial charge on any atom is 0.469 e. The van der Waals surface area contributed by atoms with Crippen molar-refractivity contribution in [2.45, 2.75) is 24.0 Å². The largest absolute Gasteiger partial charge is 0.469 e. The van der Waals surface area contributed by atoms with E-state index in [1.165, 1.54) is 0 Å². The highest BCUT2D eigenvalue weighted by Crippen LogP contribution is 2.40. The lowest BCUT2D eigenvalue weighted by Crippen LogP contribution is -2.55. The average molecular weight is 480 g/mol. The summed E-state index contributed by atoms with van der Waals surface area (Å²) in [6.07, 6.45) is -5.02. The van der Waals surface area contributed by atoms with Crippen LogP contribution in [-0.4, -0.2) is 66.2 Å². The molecule has 1 aliphatic heterocycles. The third kappa shape index (κ3) is 3.63. The summed E-state index contributed by atoms with van der Waals surface area (Å²) in [5.74, 6) is 0. The van der Waals surface area contributed by atoms with E-state index >= 15 is 0 Å². The number of nitrogens with one attached hydrogen (secondary N) is 1. The van der Waals surface area contributed by atoms with E-state index in [1.807, 2.05) is 4.98 Å². The number of H-pyrrole nitrogens is 1. The Balaban J connectivity index is 2.45. The minimum absolute atomic E-state index is 0.00166. The Hall–Kier alpha value is -0.640. The van der Waals surface area contributed by atoms with E-state index in [2.05, 4.69) is 4.52 Å². The summed E-state index contributed by atoms with van der Waals surface area (Å²) in [4.78, 5) is 42.7. The maximum atomic E-state index is 12.1. The molecule has 0 aliphatic carbocycles. The highest BCUT2D eigenvalue weighted by molar-refractivity contribution is 14.1. The van der Waals surface area contributed by atoms with Gasteiger partial charge in [0.2, 0.25) is 5.72 Å². The van der Waals surface area contributed by atoms with Crippen molar-refractivity contribution in [3.8, 4) is 0 Å². The van der Waals surface area contributed by atoms with Crippen LogP contribution in [0.3, 0.4) is 0 Å². The summed E-state index contributed by atoms with van der Waals surface area (Å²) in [5, 5.41) is 29.9. The first-order valence-corrected chi connectivity index (χ1v) is 9.00. The molecular formula is C10H14IN2O10P. The van der Waals surface area contributed by atoms with Crippen molar-refractivity contribution in [1.82, 2.24) is 9.55 Å². The topological polar surface area (TPSA) is 192 Å². The fraction of sp³-hybridized carbons (Fsp3) is 0.600. The third-order valence-electron chi connectivity index (χ3n) is 3.43. The van der Waals surface area contributed by atoms with Crippen molar-refractivity contribution in [2.24, 2.45) is 0 Å². The van der Waals surface area contributed by atoms with Crippen LogP contribution in [0.2, 0.25) is 0 Å². The van der Waals surface area contributed by atoms with E-state index in [0.29, 0.717) is 0 Å². The van der Waals surface area contributed by atoms with Crippen LogP contribution in [-0.2, 0) is 19.6 Å². The van der Waals surface area contributed by atoms with Crippen LogP contribution in [0.25, 0.3) is 0 Å². The van der Waals surface area contributed by atoms with Gasteiger partial charge in [-0.3, -0.25) is 18.9 Å². The molecule has 0 spiro atoms. The van der Waals surface area contributed by atoms with Crippen LogP contribution in [0.5, 0.6) is 0 Å². The number of ether oxygens (including phenoxy) is 1. The molecule has 1 aromatic rings. The van der Waals surface area contributed by atoms with Gasteiger partial charge < -0.3 is 29.8 Å². The average Bonchev–Trinajstić information content (AvgIpc) is 2.69. The number of hydrogen-bond acceptors (Lipinski definition) is 8. The van der Waals surface area contributed by atoms with Crippen molar-refractivity contribution >= 4 is 30.4 Å². The molecule has 0 radical (unpaired) electrons. The van der Waals surface area contributed by atoms with Gasteiger partial charge >= 0.3 is 13.5 Å². The Bertz CT molecular complexity index is 774. The van der Waals surface area contributed by atoms with Gasteiger partial charge in [-0.25, -0.2) is 9.36 Å². The molecule has 4 atom stereocenters. The van der Waals surface area contributed by atoms with Gasteiger partial charge in [0.1, 0.15) is 18.3 Å². The number of halogens is 1. The van der Waals surface area contributed by atoms with Crippen LogP contribution in [0.4, 0.5) is 0 Å². The quantitative estimate of drug-likeness (QED) is 0.144. The van der Waals surface area contributed by atoms with Crippen molar-refractivity contribution in [3.05, 3.63) is 30.6 Å². The SMILES string of the molecule is O=c1cc(I)n([C@]2(CO)O[C@H](COP(=O)(O)O)[C@@H](O)[C@H]2O)c(=O)[nH]1. The maximum absolute atomic E-state index is 12.1. The Morgan fingerprint density at radius 3 is 2.54 bits per heavy atom. The number of aliphatic hydroxyl groups is 3. The van der Waals surface area contributed by atoms with Crippen molar-refractivity contribution in [3.63, 3.8) is 0 Å². The third-order valence-corrected chi connectivity index (χ3v) is 4.71. The Kier molecular flexibility index (Phi) is 5.69. The van der Waals surface area contributed by atoms with Gasteiger partial charge in [0, 0.05) is 6.07 Å². The summed E-state index contributed by atoms with van der Waals surface area (Å²) >= 11 is 1.60. The monoisotopic (exact) mass is 480 g/mol. The van der Waals surface area contributed by atoms with Crippen molar-refractivity contribution in [1.29, 1.82) is 0 Å². The molecule has 1 aliphatic rings. The lowest BCUT2D eigenvalue weighted by molar-refractivity contribution is -0.174. The lowest BCUT2D eigenvalue weighted by Gasteiger charge is -2.32. The zero-order valence-electron chi connectivity index (χ0n) is 11.8. The Morgan fingerprint density at radius 2 is 2.04 bits per heavy atom. The number of aliphatic hydroxyl groups excluding tert-OH is 3. The van der Waals surface area contributed by atoms with Gasteiger partial charge in [0.25, 0.3) is 5.56 Å². The van der Waals surface area contributed by atoms with E-state index in [0.717, 1.165) is 10.6 Å². The van der Waals surface area contributed by atoms with E-state index in [1.54, 1.807) is 22.6 Å². The van der Waals surface area contributed by atoms with E-state index in [9.17, 15) is 29.5 Å². The van der Waals surface area contributed by atoms with E-state index in [4.69, 9.17) is 14.5 Å². The number of aromatic nitrogens is 2. The molecule has 0 bridgehead atoms.